The SMILES string of the molecule is COCCCN1C(=O)C(O)=C(C(=O)C(C)(C)C)C1c1ccccc1OC. The van der Waals surface area contributed by atoms with Gasteiger partial charge < -0.3 is 19.5 Å². The summed E-state index contributed by atoms with van der Waals surface area (Å²) < 4.78 is 10.5. The zero-order chi connectivity index (χ0) is 19.5. The molecule has 0 bridgehead atoms. The van der Waals surface area contributed by atoms with Crippen LogP contribution in [0.3, 0.4) is 0 Å². The third-order valence-electron chi connectivity index (χ3n) is 4.41. The Morgan fingerprint density at radius 2 is 1.88 bits per heavy atom. The molecule has 142 valence electrons. The highest BCUT2D eigenvalue weighted by atomic mass is 16.5. The quantitative estimate of drug-likeness (QED) is 0.756. The number of carbonyl (C=O) groups excluding carboxylic acids is 2. The van der Waals surface area contributed by atoms with Gasteiger partial charge in [-0.05, 0) is 12.5 Å². The van der Waals surface area contributed by atoms with Gasteiger partial charge in [-0.15, -0.1) is 0 Å². The molecule has 1 aromatic rings. The fraction of sp³-hybridized carbons (Fsp3) is 0.500. The van der Waals surface area contributed by atoms with Crippen molar-refractivity contribution in [3.8, 4) is 5.75 Å². The number of ketones is 1. The number of benzene rings is 1. The number of amides is 1. The van der Waals surface area contributed by atoms with E-state index in [1.54, 1.807) is 41.1 Å². The molecule has 1 atom stereocenters. The van der Waals surface area contributed by atoms with E-state index in [1.807, 2.05) is 18.2 Å². The first-order valence-electron chi connectivity index (χ1n) is 8.64. The normalized spacial score (nSPS) is 17.8. The molecular weight excluding hydrogens is 334 g/mol. The van der Waals surface area contributed by atoms with Gasteiger partial charge in [0.2, 0.25) is 0 Å². The van der Waals surface area contributed by atoms with Gasteiger partial charge in [-0.1, -0.05) is 39.0 Å². The molecule has 0 saturated carbocycles. The third-order valence-corrected chi connectivity index (χ3v) is 4.41. The van der Waals surface area contributed by atoms with Gasteiger partial charge in [0.05, 0.1) is 18.7 Å². The first kappa shape index (κ1) is 20.0. The minimum absolute atomic E-state index is 0.129. The second-order valence-electron chi connectivity index (χ2n) is 7.33. The van der Waals surface area contributed by atoms with E-state index in [2.05, 4.69) is 0 Å². The molecular formula is C20H27NO5. The Labute approximate surface area is 154 Å². The Kier molecular flexibility index (Phi) is 6.08. The molecule has 1 unspecified atom stereocenters. The summed E-state index contributed by atoms with van der Waals surface area (Å²) in [6, 6.07) is 6.56. The van der Waals surface area contributed by atoms with Crippen molar-refractivity contribution < 1.29 is 24.2 Å². The van der Waals surface area contributed by atoms with Gasteiger partial charge in [0.25, 0.3) is 5.91 Å². The first-order chi connectivity index (χ1) is 12.2. The molecule has 6 nitrogen and oxygen atoms in total. The van der Waals surface area contributed by atoms with Gasteiger partial charge in [0.1, 0.15) is 5.75 Å². The molecule has 1 heterocycles. The summed E-state index contributed by atoms with van der Waals surface area (Å²) in [4.78, 5) is 27.2. The second kappa shape index (κ2) is 7.91. The maximum Gasteiger partial charge on any atom is 0.290 e. The van der Waals surface area contributed by atoms with E-state index >= 15 is 0 Å². The highest BCUT2D eigenvalue weighted by Crippen LogP contribution is 2.43. The fourth-order valence-electron chi connectivity index (χ4n) is 3.12. The third kappa shape index (κ3) is 3.75. The van der Waals surface area contributed by atoms with Crippen LogP contribution in [0.15, 0.2) is 35.6 Å². The van der Waals surface area contributed by atoms with Crippen LogP contribution in [0.4, 0.5) is 0 Å². The van der Waals surface area contributed by atoms with E-state index in [9.17, 15) is 14.7 Å². The molecule has 1 N–H and O–H groups in total. The van der Waals surface area contributed by atoms with E-state index in [0.717, 1.165) is 0 Å². The molecule has 1 aromatic carbocycles. The van der Waals surface area contributed by atoms with E-state index in [4.69, 9.17) is 9.47 Å². The lowest BCUT2D eigenvalue weighted by Crippen LogP contribution is -2.34. The lowest BCUT2D eigenvalue weighted by molar-refractivity contribution is -0.129. The van der Waals surface area contributed by atoms with Gasteiger partial charge >= 0.3 is 0 Å². The summed E-state index contributed by atoms with van der Waals surface area (Å²) in [5, 5.41) is 10.5. The van der Waals surface area contributed by atoms with Crippen LogP contribution in [0, 0.1) is 5.41 Å². The number of ether oxygens (including phenoxy) is 2. The molecule has 0 aliphatic carbocycles. The highest BCUT2D eigenvalue weighted by Gasteiger charge is 2.46. The van der Waals surface area contributed by atoms with E-state index < -0.39 is 23.1 Å². The Bertz CT molecular complexity index is 717. The predicted molar refractivity (Wildman–Crippen MR) is 98.1 cm³/mol. The molecule has 2 rings (SSSR count). The monoisotopic (exact) mass is 361 g/mol. The largest absolute Gasteiger partial charge is 0.503 e. The maximum absolute atomic E-state index is 13.0. The molecule has 0 saturated heterocycles. The van der Waals surface area contributed by atoms with Crippen molar-refractivity contribution in [3.63, 3.8) is 0 Å². The number of hydrogen-bond donors (Lipinski definition) is 1. The van der Waals surface area contributed by atoms with Crippen LogP contribution in [0.2, 0.25) is 0 Å². The Morgan fingerprint density at radius 3 is 2.46 bits per heavy atom. The lowest BCUT2D eigenvalue weighted by Gasteiger charge is -2.29. The zero-order valence-electron chi connectivity index (χ0n) is 16.0. The second-order valence-corrected chi connectivity index (χ2v) is 7.33. The van der Waals surface area contributed by atoms with Crippen molar-refractivity contribution in [2.75, 3.05) is 27.4 Å². The van der Waals surface area contributed by atoms with Crippen molar-refractivity contribution in [3.05, 3.63) is 41.2 Å². The van der Waals surface area contributed by atoms with Crippen LogP contribution >= 0.6 is 0 Å². The number of para-hydroxylation sites is 1. The van der Waals surface area contributed by atoms with Crippen molar-refractivity contribution in [1.29, 1.82) is 0 Å². The van der Waals surface area contributed by atoms with Crippen molar-refractivity contribution >= 4 is 11.7 Å². The summed E-state index contributed by atoms with van der Waals surface area (Å²) in [5.41, 5.74) is 0.0775. The Morgan fingerprint density at radius 1 is 1.23 bits per heavy atom. The van der Waals surface area contributed by atoms with Crippen LogP contribution in [0.1, 0.15) is 38.8 Å². The highest BCUT2D eigenvalue weighted by molar-refractivity contribution is 6.10. The summed E-state index contributed by atoms with van der Waals surface area (Å²) in [7, 11) is 3.13. The molecule has 1 aliphatic rings. The minimum Gasteiger partial charge on any atom is -0.503 e. The Hall–Kier alpha value is -2.34. The summed E-state index contributed by atoms with van der Waals surface area (Å²) in [5.74, 6) is -0.702. The number of hydrogen-bond acceptors (Lipinski definition) is 5. The first-order valence-corrected chi connectivity index (χ1v) is 8.64. The van der Waals surface area contributed by atoms with Crippen LogP contribution in [0.5, 0.6) is 5.75 Å². The number of carbonyl (C=O) groups is 2. The van der Waals surface area contributed by atoms with Crippen LogP contribution in [0.25, 0.3) is 0 Å². The summed E-state index contributed by atoms with van der Waals surface area (Å²) >= 11 is 0. The van der Waals surface area contributed by atoms with Gasteiger partial charge in [0, 0.05) is 31.2 Å². The molecule has 1 amide bonds. The predicted octanol–water partition coefficient (Wildman–Crippen LogP) is 3.04. The van der Waals surface area contributed by atoms with Gasteiger partial charge in [0.15, 0.2) is 11.5 Å². The summed E-state index contributed by atoms with van der Waals surface area (Å²) in [6.07, 6.45) is 0.595. The van der Waals surface area contributed by atoms with Crippen molar-refractivity contribution in [1.82, 2.24) is 4.90 Å². The zero-order valence-corrected chi connectivity index (χ0v) is 16.0. The molecule has 0 spiro atoms. The maximum atomic E-state index is 13.0. The number of aliphatic hydroxyl groups excluding tert-OH is 1. The summed E-state index contributed by atoms with van der Waals surface area (Å²) in [6.45, 7) is 6.15. The molecule has 26 heavy (non-hydrogen) atoms. The Balaban J connectivity index is 2.56. The smallest absolute Gasteiger partial charge is 0.290 e. The van der Waals surface area contributed by atoms with Crippen LogP contribution in [-0.2, 0) is 14.3 Å². The number of aliphatic hydroxyl groups is 1. The molecule has 0 aromatic heterocycles. The molecule has 6 heteroatoms. The number of methoxy groups -OCH3 is 2. The lowest BCUT2D eigenvalue weighted by atomic mass is 9.82. The van der Waals surface area contributed by atoms with Gasteiger partial charge in [-0.25, -0.2) is 0 Å². The standard InChI is InChI=1S/C20H27NO5/c1-20(2,3)18(23)15-16(13-9-6-7-10-14(13)26-5)21(11-8-12-25-4)19(24)17(15)22/h6-7,9-10,16,22H,8,11-12H2,1-5H3. The van der Waals surface area contributed by atoms with Crippen molar-refractivity contribution in [2.45, 2.75) is 33.2 Å². The number of rotatable bonds is 7. The molecule has 0 fully saturated rings. The van der Waals surface area contributed by atoms with Gasteiger partial charge in [-0.3, -0.25) is 9.59 Å². The average molecular weight is 361 g/mol. The minimum atomic E-state index is -0.730. The molecule has 1 aliphatic heterocycles. The van der Waals surface area contributed by atoms with Gasteiger partial charge in [-0.2, -0.15) is 0 Å². The van der Waals surface area contributed by atoms with Crippen LogP contribution < -0.4 is 4.74 Å². The average Bonchev–Trinajstić information content (AvgIpc) is 2.85. The van der Waals surface area contributed by atoms with Crippen LogP contribution in [-0.4, -0.2) is 49.1 Å². The fourth-order valence-corrected chi connectivity index (χ4v) is 3.12. The van der Waals surface area contributed by atoms with Crippen molar-refractivity contribution in [2.24, 2.45) is 5.41 Å². The number of nitrogens with zero attached hydrogens (tertiary/aromatic N) is 1. The number of Topliss-reactive ketones (excluding diaryl/α,β-unsaturated/α-hetero) is 1. The molecule has 0 radical (unpaired) electrons. The van der Waals surface area contributed by atoms with E-state index in [0.29, 0.717) is 30.9 Å². The topological polar surface area (TPSA) is 76.1 Å². The van der Waals surface area contributed by atoms with E-state index in [-0.39, 0.29) is 11.4 Å². The van der Waals surface area contributed by atoms with E-state index in [1.165, 1.54) is 4.90 Å².